The molecule has 8 nitrogen and oxygen atoms in total. The Morgan fingerprint density at radius 3 is 2.42 bits per heavy atom. The Bertz CT molecular complexity index is 572. The average molecular weight is 335 g/mol. The van der Waals surface area contributed by atoms with Crippen LogP contribution in [0.4, 0.5) is 0 Å². The van der Waals surface area contributed by atoms with Gasteiger partial charge in [0.2, 0.25) is 5.91 Å². The van der Waals surface area contributed by atoms with Gasteiger partial charge in [-0.1, -0.05) is 30.3 Å². The van der Waals surface area contributed by atoms with E-state index in [1.807, 2.05) is 30.3 Å². The third-order valence-corrected chi connectivity index (χ3v) is 3.65. The standard InChI is InChI=1S/C16H25N5O3/c1-21(13(15(23)24)8-5-9-20-16(18)19)14(22)12(17)10-11-6-3-2-4-7-11/h2-4,6-7,12-13H,5,8-10,17H2,1H3,(H,23,24)(H4,18,19,20)/t12-,13-/m0/s1. The van der Waals surface area contributed by atoms with Gasteiger partial charge < -0.3 is 27.2 Å². The second kappa shape index (κ2) is 9.51. The summed E-state index contributed by atoms with van der Waals surface area (Å²) in [5, 5.41) is 9.35. The Morgan fingerprint density at radius 2 is 1.88 bits per heavy atom. The molecule has 2 atom stereocenters. The molecular weight excluding hydrogens is 310 g/mol. The van der Waals surface area contributed by atoms with Gasteiger partial charge in [0.25, 0.3) is 0 Å². The van der Waals surface area contributed by atoms with E-state index >= 15 is 0 Å². The van der Waals surface area contributed by atoms with Crippen molar-refractivity contribution in [1.29, 1.82) is 0 Å². The molecule has 1 rings (SSSR count). The number of hydrogen-bond acceptors (Lipinski definition) is 4. The predicted octanol–water partition coefficient (Wildman–Crippen LogP) is -0.478. The fourth-order valence-corrected chi connectivity index (χ4v) is 2.35. The maximum Gasteiger partial charge on any atom is 0.326 e. The zero-order valence-electron chi connectivity index (χ0n) is 13.8. The van der Waals surface area contributed by atoms with Crippen LogP contribution in [0.2, 0.25) is 0 Å². The van der Waals surface area contributed by atoms with Crippen molar-refractivity contribution < 1.29 is 14.7 Å². The molecule has 0 heterocycles. The molecule has 0 bridgehead atoms. The van der Waals surface area contributed by atoms with Crippen LogP contribution in [0.15, 0.2) is 35.3 Å². The van der Waals surface area contributed by atoms with Gasteiger partial charge in [0.05, 0.1) is 6.04 Å². The van der Waals surface area contributed by atoms with Gasteiger partial charge >= 0.3 is 5.97 Å². The first-order valence-electron chi connectivity index (χ1n) is 7.67. The fraction of sp³-hybridized carbons (Fsp3) is 0.438. The highest BCUT2D eigenvalue weighted by atomic mass is 16.4. The van der Waals surface area contributed by atoms with Gasteiger partial charge in [-0.3, -0.25) is 9.79 Å². The number of carbonyl (C=O) groups is 2. The number of rotatable bonds is 9. The molecule has 0 aliphatic heterocycles. The van der Waals surface area contributed by atoms with Crippen LogP contribution in [-0.4, -0.2) is 53.5 Å². The van der Waals surface area contributed by atoms with Crippen molar-refractivity contribution in [1.82, 2.24) is 4.90 Å². The van der Waals surface area contributed by atoms with Gasteiger partial charge in [0.15, 0.2) is 5.96 Å². The minimum atomic E-state index is -1.08. The number of benzene rings is 1. The van der Waals surface area contributed by atoms with Crippen LogP contribution in [0.3, 0.4) is 0 Å². The molecule has 0 aliphatic rings. The first-order chi connectivity index (χ1) is 11.3. The van der Waals surface area contributed by atoms with Crippen LogP contribution in [0.5, 0.6) is 0 Å². The lowest BCUT2D eigenvalue weighted by Gasteiger charge is -2.27. The van der Waals surface area contributed by atoms with Crippen LogP contribution in [0, 0.1) is 0 Å². The highest BCUT2D eigenvalue weighted by Crippen LogP contribution is 2.10. The van der Waals surface area contributed by atoms with Crippen LogP contribution >= 0.6 is 0 Å². The third kappa shape index (κ3) is 6.25. The smallest absolute Gasteiger partial charge is 0.326 e. The number of guanidine groups is 1. The molecule has 0 spiro atoms. The lowest BCUT2D eigenvalue weighted by Crippen LogP contribution is -2.50. The molecule has 1 aromatic rings. The Hall–Kier alpha value is -2.61. The van der Waals surface area contributed by atoms with Crippen LogP contribution < -0.4 is 17.2 Å². The molecule has 0 fully saturated rings. The van der Waals surface area contributed by atoms with Gasteiger partial charge in [-0.05, 0) is 24.8 Å². The summed E-state index contributed by atoms with van der Waals surface area (Å²) < 4.78 is 0. The average Bonchev–Trinajstić information content (AvgIpc) is 2.53. The Kier molecular flexibility index (Phi) is 7.70. The van der Waals surface area contributed by atoms with E-state index in [9.17, 15) is 14.7 Å². The van der Waals surface area contributed by atoms with Crippen molar-refractivity contribution in [3.63, 3.8) is 0 Å². The van der Waals surface area contributed by atoms with Crippen molar-refractivity contribution in [2.75, 3.05) is 13.6 Å². The first kappa shape index (κ1) is 19.4. The monoisotopic (exact) mass is 335 g/mol. The van der Waals surface area contributed by atoms with Gasteiger partial charge in [0, 0.05) is 13.6 Å². The zero-order chi connectivity index (χ0) is 18.1. The molecule has 132 valence electrons. The first-order valence-corrected chi connectivity index (χ1v) is 7.67. The van der Waals surface area contributed by atoms with Gasteiger partial charge in [-0.25, -0.2) is 4.79 Å². The minimum Gasteiger partial charge on any atom is -0.480 e. The molecule has 0 saturated carbocycles. The van der Waals surface area contributed by atoms with Crippen LogP contribution in [-0.2, 0) is 16.0 Å². The SMILES string of the molecule is CN(C(=O)[C@@H](N)Cc1ccccc1)[C@@H](CCCN=C(N)N)C(=O)O. The molecule has 24 heavy (non-hydrogen) atoms. The summed E-state index contributed by atoms with van der Waals surface area (Å²) in [6.45, 7) is 0.310. The summed E-state index contributed by atoms with van der Waals surface area (Å²) in [6.07, 6.45) is 1.04. The van der Waals surface area contributed by atoms with E-state index in [-0.39, 0.29) is 12.4 Å². The maximum absolute atomic E-state index is 12.4. The summed E-state index contributed by atoms with van der Waals surface area (Å²) in [4.78, 5) is 28.8. The van der Waals surface area contributed by atoms with E-state index in [1.165, 1.54) is 11.9 Å². The number of carboxylic acid groups (broad SMARTS) is 1. The van der Waals surface area contributed by atoms with Crippen molar-refractivity contribution >= 4 is 17.8 Å². The second-order valence-electron chi connectivity index (χ2n) is 5.55. The summed E-state index contributed by atoms with van der Waals surface area (Å²) in [5.74, 6) is -1.54. The Morgan fingerprint density at radius 1 is 1.25 bits per heavy atom. The minimum absolute atomic E-state index is 0.0452. The quantitative estimate of drug-likeness (QED) is 0.272. The normalized spacial score (nSPS) is 12.9. The lowest BCUT2D eigenvalue weighted by atomic mass is 10.0. The van der Waals surface area contributed by atoms with Crippen LogP contribution in [0.25, 0.3) is 0 Å². The van der Waals surface area contributed by atoms with Crippen molar-refractivity contribution in [2.45, 2.75) is 31.3 Å². The van der Waals surface area contributed by atoms with E-state index in [4.69, 9.17) is 17.2 Å². The highest BCUT2D eigenvalue weighted by Gasteiger charge is 2.29. The van der Waals surface area contributed by atoms with E-state index < -0.39 is 24.0 Å². The molecule has 0 radical (unpaired) electrons. The number of nitrogens with zero attached hydrogens (tertiary/aromatic N) is 2. The number of aliphatic carboxylic acids is 1. The van der Waals surface area contributed by atoms with E-state index in [1.54, 1.807) is 0 Å². The van der Waals surface area contributed by atoms with E-state index in [2.05, 4.69) is 4.99 Å². The lowest BCUT2D eigenvalue weighted by molar-refractivity contribution is -0.149. The topological polar surface area (TPSA) is 148 Å². The Balaban J connectivity index is 2.64. The molecule has 1 aromatic carbocycles. The molecule has 0 saturated heterocycles. The van der Waals surface area contributed by atoms with Crippen molar-refractivity contribution in [2.24, 2.45) is 22.2 Å². The number of amides is 1. The number of likely N-dealkylation sites (N-methyl/N-ethyl adjacent to an activating group) is 1. The summed E-state index contributed by atoms with van der Waals surface area (Å²) in [6, 6.07) is 7.58. The molecule has 0 unspecified atom stereocenters. The molecule has 0 aromatic heterocycles. The van der Waals surface area contributed by atoms with E-state index in [0.29, 0.717) is 19.4 Å². The zero-order valence-corrected chi connectivity index (χ0v) is 13.8. The molecule has 1 amide bonds. The van der Waals surface area contributed by atoms with E-state index in [0.717, 1.165) is 5.56 Å². The number of carboxylic acids is 1. The van der Waals surface area contributed by atoms with Gasteiger partial charge in [-0.2, -0.15) is 0 Å². The summed E-state index contributed by atoms with van der Waals surface area (Å²) in [5.41, 5.74) is 17.3. The maximum atomic E-state index is 12.4. The summed E-state index contributed by atoms with van der Waals surface area (Å²) in [7, 11) is 1.45. The predicted molar refractivity (Wildman–Crippen MR) is 92.2 cm³/mol. The summed E-state index contributed by atoms with van der Waals surface area (Å²) >= 11 is 0. The van der Waals surface area contributed by atoms with Gasteiger partial charge in [0.1, 0.15) is 6.04 Å². The molecule has 0 aliphatic carbocycles. The fourth-order valence-electron chi connectivity index (χ4n) is 2.35. The van der Waals surface area contributed by atoms with Gasteiger partial charge in [-0.15, -0.1) is 0 Å². The number of nitrogens with two attached hydrogens (primary N) is 3. The third-order valence-electron chi connectivity index (χ3n) is 3.65. The van der Waals surface area contributed by atoms with Crippen molar-refractivity contribution in [3.8, 4) is 0 Å². The number of carbonyl (C=O) groups excluding carboxylic acids is 1. The Labute approximate surface area is 141 Å². The van der Waals surface area contributed by atoms with Crippen molar-refractivity contribution in [3.05, 3.63) is 35.9 Å². The highest BCUT2D eigenvalue weighted by molar-refractivity contribution is 5.86. The number of aliphatic imine (C=N–C) groups is 1. The number of hydrogen-bond donors (Lipinski definition) is 4. The molecular formula is C16H25N5O3. The second-order valence-corrected chi connectivity index (χ2v) is 5.55. The molecule has 7 N–H and O–H groups in total. The molecule has 8 heteroatoms. The largest absolute Gasteiger partial charge is 0.480 e. The van der Waals surface area contributed by atoms with Crippen LogP contribution in [0.1, 0.15) is 18.4 Å².